The highest BCUT2D eigenvalue weighted by Gasteiger charge is 2.38. The third-order valence-electron chi connectivity index (χ3n) is 7.04. The fraction of sp³-hybridized carbons (Fsp3) is 0.480. The van der Waals surface area contributed by atoms with Crippen molar-refractivity contribution in [2.75, 3.05) is 26.2 Å². The molecule has 2 fully saturated rings. The monoisotopic (exact) mass is 490 g/mol. The quantitative estimate of drug-likeness (QED) is 0.692. The number of amides is 2. The number of pyridine rings is 1. The molecule has 1 aromatic heterocycles. The normalized spacial score (nSPS) is 20.9. The molecule has 0 aliphatic carbocycles. The van der Waals surface area contributed by atoms with Crippen molar-refractivity contribution in [1.82, 2.24) is 14.8 Å². The highest BCUT2D eigenvalue weighted by molar-refractivity contribution is 5.94. The third-order valence-corrected chi connectivity index (χ3v) is 7.04. The number of piperazine rings is 1. The number of benzene rings is 1. The minimum Gasteiger partial charge on any atom is -0.484 e. The standard InChI is InChI=1S/C25H29F3N4O3/c1-15-16(2)21(35-14-23(29)33)8-7-19(15)20-5-3-4-18-13-31(10-11-32(18)20)24(34)17-6-9-22(30-12-17)25(26,27)28/h6-9,12,18,20H,3-5,10-11,13-14H2,1-2H3,(H2,29,33). The first kappa shape index (κ1) is 25.0. The van der Waals surface area contributed by atoms with E-state index in [1.165, 1.54) is 11.6 Å². The Hall–Kier alpha value is -3.14. The van der Waals surface area contributed by atoms with Crippen LogP contribution in [-0.4, -0.2) is 58.9 Å². The van der Waals surface area contributed by atoms with E-state index in [0.29, 0.717) is 25.4 Å². The van der Waals surface area contributed by atoms with Crippen LogP contribution in [0.15, 0.2) is 30.5 Å². The Morgan fingerprint density at radius 1 is 1.11 bits per heavy atom. The van der Waals surface area contributed by atoms with Crippen LogP contribution in [0.4, 0.5) is 13.2 Å². The number of hydrogen-bond acceptors (Lipinski definition) is 5. The van der Waals surface area contributed by atoms with Gasteiger partial charge in [-0.25, -0.2) is 0 Å². The van der Waals surface area contributed by atoms with E-state index in [1.807, 2.05) is 26.0 Å². The summed E-state index contributed by atoms with van der Waals surface area (Å²) < 4.78 is 43.9. The molecular weight excluding hydrogens is 461 g/mol. The number of rotatable bonds is 5. The molecule has 2 atom stereocenters. The maximum absolute atomic E-state index is 13.0. The lowest BCUT2D eigenvalue weighted by Crippen LogP contribution is -2.57. The van der Waals surface area contributed by atoms with Gasteiger partial charge in [-0.2, -0.15) is 13.2 Å². The first-order valence-electron chi connectivity index (χ1n) is 11.7. The number of carbonyl (C=O) groups is 2. The topological polar surface area (TPSA) is 88.8 Å². The molecule has 0 saturated carbocycles. The molecule has 10 heteroatoms. The Kier molecular flexibility index (Phi) is 7.02. The first-order valence-corrected chi connectivity index (χ1v) is 11.7. The van der Waals surface area contributed by atoms with Gasteiger partial charge in [0.1, 0.15) is 11.4 Å². The van der Waals surface area contributed by atoms with E-state index in [-0.39, 0.29) is 30.2 Å². The molecule has 2 aliphatic rings. The predicted octanol–water partition coefficient (Wildman–Crippen LogP) is 3.63. The van der Waals surface area contributed by atoms with E-state index < -0.39 is 17.8 Å². The molecule has 4 rings (SSSR count). The molecule has 188 valence electrons. The van der Waals surface area contributed by atoms with Gasteiger partial charge in [-0.05, 0) is 68.0 Å². The van der Waals surface area contributed by atoms with Crippen LogP contribution in [0.5, 0.6) is 5.75 Å². The van der Waals surface area contributed by atoms with Crippen LogP contribution in [0, 0.1) is 13.8 Å². The van der Waals surface area contributed by atoms with Gasteiger partial charge in [-0.1, -0.05) is 6.07 Å². The van der Waals surface area contributed by atoms with Crippen LogP contribution in [0.2, 0.25) is 0 Å². The number of ether oxygens (including phenoxy) is 1. The summed E-state index contributed by atoms with van der Waals surface area (Å²) in [6, 6.07) is 6.32. The van der Waals surface area contributed by atoms with Crippen molar-refractivity contribution in [3.63, 3.8) is 0 Å². The van der Waals surface area contributed by atoms with E-state index in [1.54, 1.807) is 4.90 Å². The van der Waals surface area contributed by atoms with Crippen LogP contribution in [0.25, 0.3) is 0 Å². The fourth-order valence-corrected chi connectivity index (χ4v) is 5.12. The average Bonchev–Trinajstić information content (AvgIpc) is 2.83. The summed E-state index contributed by atoms with van der Waals surface area (Å²) in [5, 5.41) is 0. The first-order chi connectivity index (χ1) is 16.6. The molecule has 2 aliphatic heterocycles. The summed E-state index contributed by atoms with van der Waals surface area (Å²) >= 11 is 0. The summed E-state index contributed by atoms with van der Waals surface area (Å²) in [4.78, 5) is 31.6. The second-order valence-electron chi connectivity index (χ2n) is 9.18. The Bertz CT molecular complexity index is 1100. The van der Waals surface area contributed by atoms with E-state index in [2.05, 4.69) is 9.88 Å². The molecule has 35 heavy (non-hydrogen) atoms. The molecule has 0 bridgehead atoms. The Labute approximate surface area is 202 Å². The predicted molar refractivity (Wildman–Crippen MR) is 123 cm³/mol. The van der Waals surface area contributed by atoms with Crippen LogP contribution in [0.3, 0.4) is 0 Å². The van der Waals surface area contributed by atoms with Crippen molar-refractivity contribution in [1.29, 1.82) is 0 Å². The van der Waals surface area contributed by atoms with Crippen molar-refractivity contribution in [2.45, 2.75) is 51.4 Å². The maximum Gasteiger partial charge on any atom is 0.433 e. The molecule has 2 N–H and O–H groups in total. The number of alkyl halides is 3. The third kappa shape index (κ3) is 5.27. The number of primary amides is 1. The molecule has 2 unspecified atom stereocenters. The van der Waals surface area contributed by atoms with Crippen LogP contribution < -0.4 is 10.5 Å². The molecule has 1 aromatic carbocycles. The van der Waals surface area contributed by atoms with Gasteiger partial charge in [0.05, 0.1) is 5.56 Å². The molecule has 7 nitrogen and oxygen atoms in total. The van der Waals surface area contributed by atoms with Gasteiger partial charge in [-0.15, -0.1) is 0 Å². The highest BCUT2D eigenvalue weighted by Crippen LogP contribution is 2.39. The molecule has 2 aromatic rings. The van der Waals surface area contributed by atoms with Crippen LogP contribution in [-0.2, 0) is 11.0 Å². The van der Waals surface area contributed by atoms with Gasteiger partial charge in [0.2, 0.25) is 0 Å². The average molecular weight is 491 g/mol. The van der Waals surface area contributed by atoms with Gasteiger partial charge in [0.15, 0.2) is 6.61 Å². The minimum atomic E-state index is -4.53. The van der Waals surface area contributed by atoms with Crippen molar-refractivity contribution in [3.05, 3.63) is 58.4 Å². The van der Waals surface area contributed by atoms with Crippen molar-refractivity contribution in [2.24, 2.45) is 5.73 Å². The van der Waals surface area contributed by atoms with Crippen LogP contribution in [0.1, 0.15) is 58.0 Å². The SMILES string of the molecule is Cc1c(OCC(N)=O)ccc(C2CCCC3CN(C(=O)c4ccc(C(F)(F)F)nc4)CCN32)c1C. The summed E-state index contributed by atoms with van der Waals surface area (Å²) in [5.41, 5.74) is 7.62. The van der Waals surface area contributed by atoms with Gasteiger partial charge < -0.3 is 15.4 Å². The largest absolute Gasteiger partial charge is 0.484 e. The number of nitrogens with zero attached hydrogens (tertiary/aromatic N) is 3. The molecule has 0 spiro atoms. The number of aromatic nitrogens is 1. The van der Waals surface area contributed by atoms with Gasteiger partial charge in [0, 0.05) is 37.9 Å². The summed E-state index contributed by atoms with van der Waals surface area (Å²) in [7, 11) is 0. The Morgan fingerprint density at radius 2 is 1.89 bits per heavy atom. The zero-order valence-electron chi connectivity index (χ0n) is 19.8. The number of carbonyl (C=O) groups excluding carboxylic acids is 2. The van der Waals surface area contributed by atoms with E-state index in [9.17, 15) is 22.8 Å². The fourth-order valence-electron chi connectivity index (χ4n) is 5.12. The lowest BCUT2D eigenvalue weighted by molar-refractivity contribution is -0.141. The lowest BCUT2D eigenvalue weighted by Gasteiger charge is -2.48. The smallest absolute Gasteiger partial charge is 0.433 e. The second kappa shape index (κ2) is 9.85. The number of hydrogen-bond donors (Lipinski definition) is 1. The van der Waals surface area contributed by atoms with Crippen molar-refractivity contribution in [3.8, 4) is 5.75 Å². The summed E-state index contributed by atoms with van der Waals surface area (Å²) in [5.74, 6) is -0.185. The van der Waals surface area contributed by atoms with Crippen molar-refractivity contribution >= 4 is 11.8 Å². The second-order valence-corrected chi connectivity index (χ2v) is 9.18. The van der Waals surface area contributed by atoms with Gasteiger partial charge in [0.25, 0.3) is 11.8 Å². The Morgan fingerprint density at radius 3 is 2.54 bits per heavy atom. The summed E-state index contributed by atoms with van der Waals surface area (Å²) in [6.45, 7) is 5.52. The van der Waals surface area contributed by atoms with E-state index in [0.717, 1.165) is 42.7 Å². The lowest BCUT2D eigenvalue weighted by atomic mass is 9.86. The molecule has 2 saturated heterocycles. The van der Waals surface area contributed by atoms with Gasteiger partial charge in [-0.3, -0.25) is 19.5 Å². The number of nitrogens with two attached hydrogens (primary N) is 1. The molecule has 0 radical (unpaired) electrons. The minimum absolute atomic E-state index is 0.164. The number of fused-ring (bicyclic) bond motifs is 1. The number of piperidine rings is 1. The van der Waals surface area contributed by atoms with Crippen molar-refractivity contribution < 1.29 is 27.5 Å². The Balaban J connectivity index is 1.47. The van der Waals surface area contributed by atoms with E-state index in [4.69, 9.17) is 10.5 Å². The van der Waals surface area contributed by atoms with Gasteiger partial charge >= 0.3 is 6.18 Å². The zero-order valence-corrected chi connectivity index (χ0v) is 19.8. The zero-order chi connectivity index (χ0) is 25.3. The molecule has 2 amide bonds. The highest BCUT2D eigenvalue weighted by atomic mass is 19.4. The van der Waals surface area contributed by atoms with Crippen LogP contribution >= 0.6 is 0 Å². The number of halogens is 3. The molecule has 3 heterocycles. The summed E-state index contributed by atoms with van der Waals surface area (Å²) in [6.07, 6.45) is -0.575. The maximum atomic E-state index is 13.0. The molecular formula is C25H29F3N4O3. The van der Waals surface area contributed by atoms with E-state index >= 15 is 0 Å².